The Labute approximate surface area is 151 Å². The highest BCUT2D eigenvalue weighted by Gasteiger charge is 2.36. The summed E-state index contributed by atoms with van der Waals surface area (Å²) in [4.78, 5) is 13.8. The molecule has 5 rings (SSSR count). The van der Waals surface area contributed by atoms with Crippen LogP contribution in [0.5, 0.6) is 5.75 Å². The SMILES string of the molecule is Cc1c2c(cc3c1ccn3C1(C)CNC1)N1CC(=O)NN=C1CO2.Cl. The molecular weight excluding hydrogens is 342 g/mol. The van der Waals surface area contributed by atoms with E-state index in [1.54, 1.807) is 0 Å². The van der Waals surface area contributed by atoms with E-state index in [9.17, 15) is 4.79 Å². The van der Waals surface area contributed by atoms with Crippen molar-refractivity contribution in [2.75, 3.05) is 31.1 Å². The van der Waals surface area contributed by atoms with Gasteiger partial charge in [0.05, 0.1) is 16.7 Å². The summed E-state index contributed by atoms with van der Waals surface area (Å²) in [5.41, 5.74) is 5.83. The molecule has 4 heterocycles. The molecule has 3 aliphatic rings. The average Bonchev–Trinajstić information content (AvgIpc) is 2.97. The number of aromatic nitrogens is 1. The standard InChI is InChI=1S/C17H19N5O2.ClH/c1-10-11-3-4-22(17(2)8-18-9-17)12(11)5-13-16(10)24-7-14-19-20-15(23)6-21(13)14;/h3-5,18H,6-9H2,1-2H3,(H,20,23);1H. The van der Waals surface area contributed by atoms with E-state index in [0.717, 1.165) is 35.9 Å². The molecular formula is C17H20ClN5O2. The van der Waals surface area contributed by atoms with Crippen LogP contribution in [0, 0.1) is 6.92 Å². The predicted octanol–water partition coefficient (Wildman–Crippen LogP) is 1.33. The number of nitrogens with one attached hydrogen (secondary N) is 2. The van der Waals surface area contributed by atoms with Gasteiger partial charge in [0.2, 0.25) is 0 Å². The lowest BCUT2D eigenvalue weighted by molar-refractivity contribution is -0.119. The lowest BCUT2D eigenvalue weighted by Gasteiger charge is -2.42. The van der Waals surface area contributed by atoms with Crippen molar-refractivity contribution in [2.45, 2.75) is 19.4 Å². The number of ether oxygens (including phenoxy) is 1. The third-order valence-corrected chi connectivity index (χ3v) is 5.33. The zero-order valence-electron chi connectivity index (χ0n) is 14.1. The number of rotatable bonds is 1. The summed E-state index contributed by atoms with van der Waals surface area (Å²) in [5, 5.41) is 8.68. The first-order valence-electron chi connectivity index (χ1n) is 8.18. The number of halogens is 1. The van der Waals surface area contributed by atoms with Crippen molar-refractivity contribution in [1.82, 2.24) is 15.3 Å². The summed E-state index contributed by atoms with van der Waals surface area (Å²) in [6.07, 6.45) is 2.15. The molecule has 1 fully saturated rings. The van der Waals surface area contributed by atoms with Crippen LogP contribution in [-0.2, 0) is 10.3 Å². The second-order valence-corrected chi connectivity index (χ2v) is 7.01. The van der Waals surface area contributed by atoms with Crippen molar-refractivity contribution < 1.29 is 9.53 Å². The number of carbonyl (C=O) groups excluding carboxylic acids is 1. The van der Waals surface area contributed by atoms with Gasteiger partial charge in [0.25, 0.3) is 5.91 Å². The fourth-order valence-electron chi connectivity index (χ4n) is 3.86. The second kappa shape index (κ2) is 5.37. The van der Waals surface area contributed by atoms with Crippen molar-refractivity contribution in [3.05, 3.63) is 23.9 Å². The number of amidine groups is 1. The van der Waals surface area contributed by atoms with Gasteiger partial charge in [0, 0.05) is 30.2 Å². The minimum absolute atomic E-state index is 0. The van der Waals surface area contributed by atoms with Gasteiger partial charge < -0.3 is 19.5 Å². The van der Waals surface area contributed by atoms with Gasteiger partial charge in [-0.15, -0.1) is 12.4 Å². The highest BCUT2D eigenvalue weighted by atomic mass is 35.5. The van der Waals surface area contributed by atoms with Gasteiger partial charge in [-0.2, -0.15) is 5.10 Å². The number of benzene rings is 1. The number of amides is 1. The number of aryl methyl sites for hydroxylation is 1. The topological polar surface area (TPSA) is 70.9 Å². The van der Waals surface area contributed by atoms with E-state index in [4.69, 9.17) is 4.74 Å². The highest BCUT2D eigenvalue weighted by Crippen LogP contribution is 2.42. The van der Waals surface area contributed by atoms with Crippen LogP contribution in [0.4, 0.5) is 5.69 Å². The summed E-state index contributed by atoms with van der Waals surface area (Å²) in [6.45, 7) is 6.92. The molecule has 25 heavy (non-hydrogen) atoms. The van der Waals surface area contributed by atoms with Crippen LogP contribution in [0.2, 0.25) is 0 Å². The summed E-state index contributed by atoms with van der Waals surface area (Å²) in [5.74, 6) is 1.50. The van der Waals surface area contributed by atoms with Crippen LogP contribution in [-0.4, -0.2) is 42.6 Å². The van der Waals surface area contributed by atoms with E-state index < -0.39 is 0 Å². The lowest BCUT2D eigenvalue weighted by Crippen LogP contribution is -2.58. The summed E-state index contributed by atoms with van der Waals surface area (Å²) < 4.78 is 8.29. The molecule has 0 saturated carbocycles. The van der Waals surface area contributed by atoms with Crippen LogP contribution in [0.1, 0.15) is 12.5 Å². The van der Waals surface area contributed by atoms with Crippen LogP contribution >= 0.6 is 12.4 Å². The van der Waals surface area contributed by atoms with Gasteiger partial charge in [-0.3, -0.25) is 4.79 Å². The number of hydrazone groups is 1. The molecule has 1 amide bonds. The van der Waals surface area contributed by atoms with Crippen LogP contribution in [0.25, 0.3) is 10.9 Å². The van der Waals surface area contributed by atoms with E-state index in [0.29, 0.717) is 6.61 Å². The molecule has 3 aliphatic heterocycles. The van der Waals surface area contributed by atoms with Gasteiger partial charge in [-0.05, 0) is 26.0 Å². The van der Waals surface area contributed by atoms with Gasteiger partial charge >= 0.3 is 0 Å². The molecule has 7 nitrogen and oxygen atoms in total. The molecule has 0 aliphatic carbocycles. The Morgan fingerprint density at radius 1 is 1.36 bits per heavy atom. The predicted molar refractivity (Wildman–Crippen MR) is 98.9 cm³/mol. The van der Waals surface area contributed by atoms with E-state index >= 15 is 0 Å². The quantitative estimate of drug-likeness (QED) is 0.804. The molecule has 2 N–H and O–H groups in total. The number of hydrogen-bond donors (Lipinski definition) is 2. The van der Waals surface area contributed by atoms with Crippen LogP contribution < -0.4 is 20.4 Å². The van der Waals surface area contributed by atoms with Gasteiger partial charge in [0.1, 0.15) is 18.9 Å². The molecule has 0 unspecified atom stereocenters. The maximum Gasteiger partial charge on any atom is 0.260 e. The monoisotopic (exact) mass is 361 g/mol. The maximum atomic E-state index is 11.8. The average molecular weight is 362 g/mol. The Kier molecular flexibility index (Phi) is 3.49. The molecule has 0 atom stereocenters. The molecule has 1 aromatic heterocycles. The smallest absolute Gasteiger partial charge is 0.260 e. The van der Waals surface area contributed by atoms with Crippen molar-refractivity contribution in [1.29, 1.82) is 0 Å². The maximum absolute atomic E-state index is 11.8. The van der Waals surface area contributed by atoms with Crippen molar-refractivity contribution >= 4 is 40.7 Å². The Morgan fingerprint density at radius 2 is 2.16 bits per heavy atom. The Balaban J connectivity index is 0.00000157. The molecule has 1 saturated heterocycles. The first-order chi connectivity index (χ1) is 11.6. The van der Waals surface area contributed by atoms with Crippen molar-refractivity contribution in [2.24, 2.45) is 5.10 Å². The normalized spacial score (nSPS) is 20.5. The summed E-state index contributed by atoms with van der Waals surface area (Å²) in [7, 11) is 0. The number of fused-ring (bicyclic) bond motifs is 4. The number of anilines is 1. The minimum atomic E-state index is -0.102. The number of hydrogen-bond acceptors (Lipinski definition) is 5. The molecule has 0 bridgehead atoms. The van der Waals surface area contributed by atoms with Gasteiger partial charge in [0.15, 0.2) is 5.84 Å². The van der Waals surface area contributed by atoms with E-state index in [1.165, 1.54) is 10.9 Å². The van der Waals surface area contributed by atoms with Gasteiger partial charge in [-0.25, -0.2) is 5.43 Å². The van der Waals surface area contributed by atoms with E-state index in [2.05, 4.69) is 52.6 Å². The zero-order valence-corrected chi connectivity index (χ0v) is 14.9. The largest absolute Gasteiger partial charge is 0.483 e. The van der Waals surface area contributed by atoms with Gasteiger partial charge in [-0.1, -0.05) is 0 Å². The Morgan fingerprint density at radius 3 is 2.88 bits per heavy atom. The number of nitrogens with zero attached hydrogens (tertiary/aromatic N) is 3. The molecule has 1 aromatic carbocycles. The third-order valence-electron chi connectivity index (χ3n) is 5.33. The fraction of sp³-hybridized carbons (Fsp3) is 0.412. The van der Waals surface area contributed by atoms with Crippen molar-refractivity contribution in [3.63, 3.8) is 0 Å². The molecule has 2 aromatic rings. The molecule has 0 spiro atoms. The van der Waals surface area contributed by atoms with Crippen LogP contribution in [0.15, 0.2) is 23.4 Å². The highest BCUT2D eigenvalue weighted by molar-refractivity contribution is 6.09. The lowest BCUT2D eigenvalue weighted by atomic mass is 9.94. The second-order valence-electron chi connectivity index (χ2n) is 7.01. The third kappa shape index (κ3) is 2.15. The first-order valence-corrected chi connectivity index (χ1v) is 8.18. The molecule has 0 radical (unpaired) electrons. The Hall–Kier alpha value is -2.25. The molecule has 8 heteroatoms. The van der Waals surface area contributed by atoms with Crippen molar-refractivity contribution in [3.8, 4) is 5.75 Å². The van der Waals surface area contributed by atoms with E-state index in [-0.39, 0.29) is 30.4 Å². The van der Waals surface area contributed by atoms with E-state index in [1.807, 2.05) is 4.90 Å². The minimum Gasteiger partial charge on any atom is -0.483 e. The zero-order chi connectivity index (χ0) is 16.5. The molecule has 132 valence electrons. The first kappa shape index (κ1) is 16.2. The Bertz CT molecular complexity index is 915. The summed E-state index contributed by atoms with van der Waals surface area (Å²) >= 11 is 0. The fourth-order valence-corrected chi connectivity index (χ4v) is 3.86. The summed E-state index contributed by atoms with van der Waals surface area (Å²) in [6, 6.07) is 4.29. The van der Waals surface area contributed by atoms with Crippen LogP contribution in [0.3, 0.4) is 0 Å². The number of carbonyl (C=O) groups is 1.